The highest BCUT2D eigenvalue weighted by molar-refractivity contribution is 14.1. The lowest BCUT2D eigenvalue weighted by molar-refractivity contribution is 0.396. The Labute approximate surface area is 86.7 Å². The number of aromatic nitrogens is 1. The van der Waals surface area contributed by atoms with E-state index >= 15 is 0 Å². The van der Waals surface area contributed by atoms with Gasteiger partial charge in [0.25, 0.3) is 0 Å². The topological polar surface area (TPSA) is 22.1 Å². The van der Waals surface area contributed by atoms with Crippen molar-refractivity contribution in [3.63, 3.8) is 0 Å². The molecule has 0 aliphatic carbocycles. The minimum atomic E-state index is 0.677. The van der Waals surface area contributed by atoms with Crippen LogP contribution in [0.4, 0.5) is 0 Å². The highest BCUT2D eigenvalue weighted by atomic mass is 127. The summed E-state index contributed by atoms with van der Waals surface area (Å²) in [5.74, 6) is 0.677. The van der Waals surface area contributed by atoms with E-state index in [1.807, 2.05) is 12.1 Å². The van der Waals surface area contributed by atoms with Crippen LogP contribution in [0.25, 0.3) is 0 Å². The Morgan fingerprint density at radius 1 is 1.40 bits per heavy atom. The van der Waals surface area contributed by atoms with Gasteiger partial charge in [-0.1, -0.05) is 0 Å². The normalized spacial score (nSPS) is 9.50. The van der Waals surface area contributed by atoms with Gasteiger partial charge in [0.05, 0.1) is 7.11 Å². The van der Waals surface area contributed by atoms with Crippen molar-refractivity contribution in [2.45, 2.75) is 0 Å². The lowest BCUT2D eigenvalue weighted by Crippen LogP contribution is -1.89. The minimum Gasteiger partial charge on any atom is -0.481 e. The average molecular weight is 361 g/mol. The molecule has 54 valence electrons. The Morgan fingerprint density at radius 3 is 2.60 bits per heavy atom. The zero-order valence-corrected chi connectivity index (χ0v) is 9.58. The second-order valence-corrected chi connectivity index (χ2v) is 4.00. The van der Waals surface area contributed by atoms with Crippen LogP contribution in [0, 0.1) is 7.27 Å². The number of rotatable bonds is 1. The van der Waals surface area contributed by atoms with Gasteiger partial charge in [-0.2, -0.15) is 0 Å². The van der Waals surface area contributed by atoms with E-state index in [0.717, 1.165) is 7.27 Å². The molecule has 0 aliphatic rings. The van der Waals surface area contributed by atoms with Crippen molar-refractivity contribution in [1.82, 2.24) is 4.98 Å². The number of pyridine rings is 1. The molecule has 0 saturated carbocycles. The summed E-state index contributed by atoms with van der Waals surface area (Å²) in [4.78, 5) is 4.11. The smallest absolute Gasteiger partial charge is 0.214 e. The highest BCUT2D eigenvalue weighted by Gasteiger charge is 1.96. The molecule has 0 N–H and O–H groups in total. The predicted molar refractivity (Wildman–Crippen MR) is 56.2 cm³/mol. The molecular weight excluding hydrogens is 356 g/mol. The van der Waals surface area contributed by atoms with E-state index in [0.29, 0.717) is 5.88 Å². The van der Waals surface area contributed by atoms with E-state index < -0.39 is 0 Å². The lowest BCUT2D eigenvalue weighted by Gasteiger charge is -1.98. The fourth-order valence-electron chi connectivity index (χ4n) is 0.548. The maximum Gasteiger partial charge on any atom is 0.214 e. The van der Waals surface area contributed by atoms with Crippen molar-refractivity contribution in [3.05, 3.63) is 19.4 Å². The molecule has 0 atom stereocenters. The molecule has 1 heterocycles. The van der Waals surface area contributed by atoms with Gasteiger partial charge in [0, 0.05) is 9.64 Å². The Bertz CT molecular complexity index is 219. The van der Waals surface area contributed by atoms with Gasteiger partial charge in [-0.25, -0.2) is 4.98 Å². The quantitative estimate of drug-likeness (QED) is 0.566. The molecule has 0 spiro atoms. The predicted octanol–water partition coefficient (Wildman–Crippen LogP) is 2.30. The van der Waals surface area contributed by atoms with Crippen LogP contribution in [0.3, 0.4) is 0 Å². The molecule has 0 radical (unpaired) electrons. The van der Waals surface area contributed by atoms with Crippen LogP contribution in [0.1, 0.15) is 0 Å². The van der Waals surface area contributed by atoms with Crippen molar-refractivity contribution in [1.29, 1.82) is 0 Å². The molecule has 2 nitrogen and oxygen atoms in total. The molecule has 0 amide bonds. The largest absolute Gasteiger partial charge is 0.481 e. The van der Waals surface area contributed by atoms with Crippen molar-refractivity contribution in [2.24, 2.45) is 0 Å². The van der Waals surface area contributed by atoms with Gasteiger partial charge in [0.1, 0.15) is 3.70 Å². The number of halogens is 2. The molecular formula is C6H5I2NO. The first-order chi connectivity index (χ1) is 4.72. The van der Waals surface area contributed by atoms with Crippen LogP contribution in [0.15, 0.2) is 12.1 Å². The Kier molecular flexibility index (Phi) is 3.15. The van der Waals surface area contributed by atoms with Crippen LogP contribution in [0.5, 0.6) is 5.88 Å². The zero-order valence-electron chi connectivity index (χ0n) is 5.27. The zero-order chi connectivity index (χ0) is 7.56. The molecule has 1 aromatic rings. The van der Waals surface area contributed by atoms with Crippen LogP contribution >= 0.6 is 45.2 Å². The number of hydrogen-bond acceptors (Lipinski definition) is 2. The number of nitrogens with zero attached hydrogens (tertiary/aromatic N) is 1. The molecule has 0 bridgehead atoms. The summed E-state index contributed by atoms with van der Waals surface area (Å²) in [5, 5.41) is 0. The van der Waals surface area contributed by atoms with Crippen molar-refractivity contribution in [3.8, 4) is 5.88 Å². The van der Waals surface area contributed by atoms with Gasteiger partial charge in [-0.3, -0.25) is 0 Å². The van der Waals surface area contributed by atoms with Gasteiger partial charge in [-0.15, -0.1) is 0 Å². The summed E-state index contributed by atoms with van der Waals surface area (Å²) in [6.45, 7) is 0. The highest BCUT2D eigenvalue weighted by Crippen LogP contribution is 2.14. The Balaban J connectivity index is 3.06. The monoisotopic (exact) mass is 361 g/mol. The van der Waals surface area contributed by atoms with Gasteiger partial charge in [-0.05, 0) is 51.2 Å². The summed E-state index contributed by atoms with van der Waals surface area (Å²) >= 11 is 4.39. The van der Waals surface area contributed by atoms with Gasteiger partial charge < -0.3 is 4.74 Å². The van der Waals surface area contributed by atoms with E-state index in [9.17, 15) is 0 Å². The second-order valence-electron chi connectivity index (χ2n) is 1.65. The number of ether oxygens (including phenoxy) is 1. The maximum absolute atomic E-state index is 4.96. The number of hydrogen-bond donors (Lipinski definition) is 0. The first kappa shape index (κ1) is 8.51. The first-order valence-corrected chi connectivity index (χ1v) is 4.75. The van der Waals surface area contributed by atoms with Crippen molar-refractivity contribution < 1.29 is 4.74 Å². The SMILES string of the molecule is COc1cc(I)cc(I)n1. The summed E-state index contributed by atoms with van der Waals surface area (Å²) < 4.78 is 7.06. The van der Waals surface area contributed by atoms with E-state index in [-0.39, 0.29) is 0 Å². The summed E-state index contributed by atoms with van der Waals surface area (Å²) in [6.07, 6.45) is 0. The first-order valence-electron chi connectivity index (χ1n) is 2.59. The van der Waals surface area contributed by atoms with Gasteiger partial charge in [0.2, 0.25) is 5.88 Å². The van der Waals surface area contributed by atoms with Crippen LogP contribution in [-0.4, -0.2) is 12.1 Å². The van der Waals surface area contributed by atoms with Crippen LogP contribution in [0.2, 0.25) is 0 Å². The molecule has 0 aliphatic heterocycles. The Hall–Kier alpha value is 0.410. The van der Waals surface area contributed by atoms with E-state index in [4.69, 9.17) is 4.74 Å². The molecule has 0 unspecified atom stereocenters. The standard InChI is InChI=1S/C6H5I2NO/c1-10-6-3-4(7)2-5(8)9-6/h2-3H,1H3. The summed E-state index contributed by atoms with van der Waals surface area (Å²) in [6, 6.07) is 3.88. The molecule has 1 aromatic heterocycles. The fraction of sp³-hybridized carbons (Fsp3) is 0.167. The van der Waals surface area contributed by atoms with E-state index in [1.165, 1.54) is 0 Å². The van der Waals surface area contributed by atoms with Crippen molar-refractivity contribution in [2.75, 3.05) is 7.11 Å². The second kappa shape index (κ2) is 3.70. The molecule has 0 aromatic carbocycles. The van der Waals surface area contributed by atoms with E-state index in [1.54, 1.807) is 7.11 Å². The van der Waals surface area contributed by atoms with Gasteiger partial charge >= 0.3 is 0 Å². The maximum atomic E-state index is 4.96. The lowest BCUT2D eigenvalue weighted by atomic mass is 10.5. The van der Waals surface area contributed by atoms with Crippen LogP contribution < -0.4 is 4.74 Å². The van der Waals surface area contributed by atoms with Crippen LogP contribution in [-0.2, 0) is 0 Å². The third-order valence-electron chi connectivity index (χ3n) is 0.944. The molecule has 0 fully saturated rings. The molecule has 4 heteroatoms. The van der Waals surface area contributed by atoms with E-state index in [2.05, 4.69) is 50.2 Å². The summed E-state index contributed by atoms with van der Waals surface area (Å²) in [7, 11) is 1.62. The average Bonchev–Trinajstić information content (AvgIpc) is 1.85. The molecule has 1 rings (SSSR count). The molecule has 10 heavy (non-hydrogen) atoms. The van der Waals surface area contributed by atoms with Gasteiger partial charge in [0.15, 0.2) is 0 Å². The third-order valence-corrected chi connectivity index (χ3v) is 2.12. The Morgan fingerprint density at radius 2 is 2.10 bits per heavy atom. The summed E-state index contributed by atoms with van der Waals surface area (Å²) in [5.41, 5.74) is 0. The van der Waals surface area contributed by atoms with Crippen molar-refractivity contribution >= 4 is 45.2 Å². The minimum absolute atomic E-state index is 0.677. The fourth-order valence-corrected chi connectivity index (χ4v) is 2.28. The number of methoxy groups -OCH3 is 1. The third kappa shape index (κ3) is 2.22. The molecule has 0 saturated heterocycles.